The predicted octanol–water partition coefficient (Wildman–Crippen LogP) is 1.84. The average molecular weight is 277 g/mol. The van der Waals surface area contributed by atoms with E-state index in [9.17, 15) is 14.0 Å². The molecule has 0 amide bonds. The van der Waals surface area contributed by atoms with Crippen LogP contribution in [0.1, 0.15) is 17.3 Å². The highest BCUT2D eigenvalue weighted by atomic mass is 19.1. The fraction of sp³-hybridized carbons (Fsp3) is 0.154. The first-order valence-electron chi connectivity index (χ1n) is 5.88. The van der Waals surface area contributed by atoms with Gasteiger partial charge >= 0.3 is 5.97 Å². The third kappa shape index (κ3) is 2.66. The van der Waals surface area contributed by atoms with Crippen LogP contribution in [0.25, 0.3) is 0 Å². The Labute approximate surface area is 113 Å². The summed E-state index contributed by atoms with van der Waals surface area (Å²) in [6, 6.07) is 3.51. The number of anilines is 2. The molecule has 0 spiro atoms. The number of nitrogens with one attached hydrogen (secondary N) is 1. The van der Waals surface area contributed by atoms with Gasteiger partial charge in [0.1, 0.15) is 5.82 Å². The number of halogens is 1. The molecule has 0 fully saturated rings. The van der Waals surface area contributed by atoms with E-state index in [1.165, 1.54) is 16.8 Å². The van der Waals surface area contributed by atoms with Crippen LogP contribution in [0.15, 0.2) is 35.4 Å². The Bertz CT molecular complexity index is 712. The molecule has 0 aliphatic heterocycles. The smallest absolute Gasteiger partial charge is 0.338 e. The number of hydrogen-bond donors (Lipinski definition) is 2. The van der Waals surface area contributed by atoms with Crippen molar-refractivity contribution in [2.24, 2.45) is 0 Å². The summed E-state index contributed by atoms with van der Waals surface area (Å²) in [6.07, 6.45) is 3.00. The highest BCUT2D eigenvalue weighted by Gasteiger charge is 2.11. The summed E-state index contributed by atoms with van der Waals surface area (Å²) < 4.78 is 15.0. The summed E-state index contributed by atoms with van der Waals surface area (Å²) in [5, 5.41) is 11.4. The van der Waals surface area contributed by atoms with Gasteiger partial charge in [-0.3, -0.25) is 4.79 Å². The van der Waals surface area contributed by atoms with Crippen molar-refractivity contribution in [1.29, 1.82) is 0 Å². The zero-order valence-corrected chi connectivity index (χ0v) is 10.6. The topological polar surface area (TPSA) is 84.2 Å². The number of benzene rings is 1. The molecule has 0 atom stereocenters. The van der Waals surface area contributed by atoms with Crippen LogP contribution in [0, 0.1) is 5.82 Å². The Morgan fingerprint density at radius 3 is 2.85 bits per heavy atom. The molecular formula is C13H12FN3O3. The fourth-order valence-corrected chi connectivity index (χ4v) is 1.69. The van der Waals surface area contributed by atoms with Gasteiger partial charge in [-0.25, -0.2) is 14.2 Å². The maximum atomic E-state index is 13.5. The van der Waals surface area contributed by atoms with Gasteiger partial charge in [-0.2, -0.15) is 0 Å². The highest BCUT2D eigenvalue weighted by molar-refractivity contribution is 5.88. The van der Waals surface area contributed by atoms with E-state index in [0.717, 1.165) is 12.1 Å². The number of rotatable bonds is 4. The Morgan fingerprint density at radius 1 is 1.50 bits per heavy atom. The van der Waals surface area contributed by atoms with Crippen LogP contribution in [-0.4, -0.2) is 20.6 Å². The summed E-state index contributed by atoms with van der Waals surface area (Å²) in [7, 11) is 0. The SMILES string of the molecule is CCn1ccnc(Nc2ccc(C(=O)O)c(F)c2)c1=O. The van der Waals surface area contributed by atoms with E-state index in [1.54, 1.807) is 6.20 Å². The zero-order valence-electron chi connectivity index (χ0n) is 10.6. The first-order chi connectivity index (χ1) is 9.52. The van der Waals surface area contributed by atoms with Crippen LogP contribution >= 0.6 is 0 Å². The van der Waals surface area contributed by atoms with Crippen molar-refractivity contribution < 1.29 is 14.3 Å². The van der Waals surface area contributed by atoms with E-state index >= 15 is 0 Å². The minimum atomic E-state index is -1.35. The molecule has 2 N–H and O–H groups in total. The Kier molecular flexibility index (Phi) is 3.79. The maximum Gasteiger partial charge on any atom is 0.338 e. The Morgan fingerprint density at radius 2 is 2.25 bits per heavy atom. The number of carboxylic acids is 1. The van der Waals surface area contributed by atoms with Crippen LogP contribution in [-0.2, 0) is 6.54 Å². The van der Waals surface area contributed by atoms with Gasteiger partial charge in [-0.05, 0) is 25.1 Å². The fourth-order valence-electron chi connectivity index (χ4n) is 1.69. The van der Waals surface area contributed by atoms with E-state index in [2.05, 4.69) is 10.3 Å². The number of carbonyl (C=O) groups is 1. The van der Waals surface area contributed by atoms with Gasteiger partial charge in [0, 0.05) is 24.6 Å². The maximum absolute atomic E-state index is 13.5. The standard InChI is InChI=1S/C13H12FN3O3/c1-2-17-6-5-15-11(12(17)18)16-8-3-4-9(13(19)20)10(14)7-8/h3-7H,2H2,1H3,(H,15,16)(H,19,20). The van der Waals surface area contributed by atoms with Gasteiger partial charge in [0.15, 0.2) is 5.82 Å². The minimum Gasteiger partial charge on any atom is -0.478 e. The molecule has 1 heterocycles. The van der Waals surface area contributed by atoms with Crippen LogP contribution < -0.4 is 10.9 Å². The molecule has 104 valence electrons. The summed E-state index contributed by atoms with van der Waals surface area (Å²) >= 11 is 0. The Balaban J connectivity index is 2.34. The van der Waals surface area contributed by atoms with Crippen molar-refractivity contribution in [2.45, 2.75) is 13.5 Å². The number of aryl methyl sites for hydroxylation is 1. The second-order valence-electron chi connectivity index (χ2n) is 3.99. The summed E-state index contributed by atoms with van der Waals surface area (Å²) in [5.74, 6) is -2.17. The summed E-state index contributed by atoms with van der Waals surface area (Å²) in [6.45, 7) is 2.30. The van der Waals surface area contributed by atoms with Gasteiger partial charge in [0.25, 0.3) is 5.56 Å². The van der Waals surface area contributed by atoms with Crippen molar-refractivity contribution in [3.05, 3.63) is 52.3 Å². The molecule has 0 saturated carbocycles. The zero-order chi connectivity index (χ0) is 14.7. The number of aromatic nitrogens is 2. The molecule has 0 bridgehead atoms. The van der Waals surface area contributed by atoms with Crippen molar-refractivity contribution >= 4 is 17.5 Å². The lowest BCUT2D eigenvalue weighted by molar-refractivity contribution is 0.0692. The predicted molar refractivity (Wildman–Crippen MR) is 70.8 cm³/mol. The molecular weight excluding hydrogens is 265 g/mol. The number of aromatic carboxylic acids is 1. The van der Waals surface area contributed by atoms with Crippen LogP contribution in [0.3, 0.4) is 0 Å². The largest absolute Gasteiger partial charge is 0.478 e. The average Bonchev–Trinajstić information content (AvgIpc) is 2.41. The molecule has 0 aliphatic rings. The lowest BCUT2D eigenvalue weighted by Gasteiger charge is -2.08. The molecule has 7 heteroatoms. The van der Waals surface area contributed by atoms with Crippen LogP contribution in [0.5, 0.6) is 0 Å². The third-order valence-corrected chi connectivity index (χ3v) is 2.72. The normalized spacial score (nSPS) is 10.3. The first kappa shape index (κ1) is 13.7. The quantitative estimate of drug-likeness (QED) is 0.890. The van der Waals surface area contributed by atoms with E-state index < -0.39 is 17.3 Å². The van der Waals surface area contributed by atoms with E-state index in [0.29, 0.717) is 6.54 Å². The van der Waals surface area contributed by atoms with Crippen molar-refractivity contribution in [2.75, 3.05) is 5.32 Å². The summed E-state index contributed by atoms with van der Waals surface area (Å²) in [5.41, 5.74) is -0.508. The van der Waals surface area contributed by atoms with Crippen molar-refractivity contribution in [1.82, 2.24) is 9.55 Å². The van der Waals surface area contributed by atoms with Gasteiger partial charge in [-0.1, -0.05) is 0 Å². The molecule has 0 radical (unpaired) electrons. The van der Waals surface area contributed by atoms with Gasteiger partial charge in [0.05, 0.1) is 5.56 Å². The van der Waals surface area contributed by atoms with Gasteiger partial charge in [-0.15, -0.1) is 0 Å². The molecule has 2 aromatic rings. The second-order valence-corrected chi connectivity index (χ2v) is 3.99. The number of hydrogen-bond acceptors (Lipinski definition) is 4. The third-order valence-electron chi connectivity index (χ3n) is 2.72. The van der Waals surface area contributed by atoms with Crippen LogP contribution in [0.2, 0.25) is 0 Å². The number of nitrogens with zero attached hydrogens (tertiary/aromatic N) is 2. The van der Waals surface area contributed by atoms with Gasteiger partial charge in [0.2, 0.25) is 0 Å². The van der Waals surface area contributed by atoms with Crippen molar-refractivity contribution in [3.8, 4) is 0 Å². The monoisotopic (exact) mass is 277 g/mol. The molecule has 1 aromatic heterocycles. The summed E-state index contributed by atoms with van der Waals surface area (Å²) in [4.78, 5) is 26.5. The Hall–Kier alpha value is -2.70. The molecule has 20 heavy (non-hydrogen) atoms. The molecule has 0 saturated heterocycles. The lowest BCUT2D eigenvalue weighted by Crippen LogP contribution is -2.22. The lowest BCUT2D eigenvalue weighted by atomic mass is 10.2. The van der Waals surface area contributed by atoms with Crippen molar-refractivity contribution in [3.63, 3.8) is 0 Å². The van der Waals surface area contributed by atoms with E-state index in [4.69, 9.17) is 5.11 Å². The molecule has 6 nitrogen and oxygen atoms in total. The van der Waals surface area contributed by atoms with E-state index in [1.807, 2.05) is 6.92 Å². The second kappa shape index (κ2) is 5.52. The molecule has 0 aliphatic carbocycles. The number of carboxylic acid groups (broad SMARTS) is 1. The minimum absolute atomic E-state index is 0.0526. The van der Waals surface area contributed by atoms with E-state index in [-0.39, 0.29) is 17.1 Å². The first-order valence-corrected chi connectivity index (χ1v) is 5.88. The van der Waals surface area contributed by atoms with Gasteiger partial charge < -0.3 is 15.0 Å². The molecule has 2 rings (SSSR count). The highest BCUT2D eigenvalue weighted by Crippen LogP contribution is 2.16. The van der Waals surface area contributed by atoms with Crippen LogP contribution in [0.4, 0.5) is 15.9 Å². The molecule has 1 aromatic carbocycles. The molecule has 0 unspecified atom stereocenters.